The molecule has 2 aliphatic heterocycles. The lowest BCUT2D eigenvalue weighted by atomic mass is 10.2. The number of anilines is 1. The zero-order chi connectivity index (χ0) is 23.9. The minimum atomic E-state index is -0.242. The van der Waals surface area contributed by atoms with Crippen molar-refractivity contribution in [2.24, 2.45) is 4.99 Å². The number of rotatable bonds is 6. The smallest absolute Gasteiger partial charge is 0.283 e. The third kappa shape index (κ3) is 5.62. The maximum Gasteiger partial charge on any atom is 0.283 e. The van der Waals surface area contributed by atoms with Gasteiger partial charge in [0.2, 0.25) is 5.91 Å². The van der Waals surface area contributed by atoms with Gasteiger partial charge in [-0.3, -0.25) is 14.5 Å². The average molecular weight is 480 g/mol. The summed E-state index contributed by atoms with van der Waals surface area (Å²) >= 11 is 1.30. The second kappa shape index (κ2) is 11.2. The molecular formula is C26H29N3O4S. The van der Waals surface area contributed by atoms with E-state index in [1.54, 1.807) is 31.3 Å². The summed E-state index contributed by atoms with van der Waals surface area (Å²) < 4.78 is 10.6. The predicted molar refractivity (Wildman–Crippen MR) is 136 cm³/mol. The lowest BCUT2D eigenvalue weighted by Gasteiger charge is -2.21. The van der Waals surface area contributed by atoms with E-state index in [1.807, 2.05) is 47.4 Å². The van der Waals surface area contributed by atoms with Gasteiger partial charge in [-0.1, -0.05) is 42.8 Å². The molecule has 0 saturated carbocycles. The summed E-state index contributed by atoms with van der Waals surface area (Å²) in [7, 11) is 3.20. The fraction of sp³-hybridized carbons (Fsp3) is 0.346. The lowest BCUT2D eigenvalue weighted by molar-refractivity contribution is -0.128. The molecule has 2 aliphatic rings. The second-order valence-corrected chi connectivity index (χ2v) is 9.07. The Hall–Kier alpha value is -3.26. The number of benzene rings is 2. The quantitative estimate of drug-likeness (QED) is 0.567. The highest BCUT2D eigenvalue weighted by Gasteiger charge is 2.33. The minimum Gasteiger partial charge on any atom is -0.497 e. The Bertz CT molecular complexity index is 1090. The Labute approximate surface area is 204 Å². The molecule has 1 fully saturated rings. The van der Waals surface area contributed by atoms with Gasteiger partial charge in [0.25, 0.3) is 5.91 Å². The van der Waals surface area contributed by atoms with E-state index in [2.05, 4.69) is 4.99 Å². The van der Waals surface area contributed by atoms with Crippen LogP contribution in [0.4, 0.5) is 5.69 Å². The summed E-state index contributed by atoms with van der Waals surface area (Å²) in [6.07, 6.45) is 6.17. The predicted octanol–water partition coefficient (Wildman–Crippen LogP) is 4.58. The highest BCUT2D eigenvalue weighted by molar-refractivity contribution is 8.14. The number of carbonyl (C=O) groups excluding carboxylic acids is 2. The van der Waals surface area contributed by atoms with Crippen LogP contribution in [-0.4, -0.2) is 54.9 Å². The molecule has 8 heteroatoms. The number of likely N-dealkylation sites (tertiary alicyclic amines) is 1. The van der Waals surface area contributed by atoms with E-state index in [0.29, 0.717) is 22.3 Å². The third-order valence-corrected chi connectivity index (χ3v) is 6.77. The Kier molecular flexibility index (Phi) is 7.90. The maximum atomic E-state index is 13.4. The molecule has 0 aromatic heterocycles. The van der Waals surface area contributed by atoms with Gasteiger partial charge in [0, 0.05) is 19.2 Å². The molecule has 4 rings (SSSR count). The van der Waals surface area contributed by atoms with Crippen molar-refractivity contribution in [3.05, 3.63) is 59.8 Å². The van der Waals surface area contributed by atoms with Gasteiger partial charge >= 0.3 is 0 Å². The van der Waals surface area contributed by atoms with E-state index in [-0.39, 0.29) is 17.6 Å². The van der Waals surface area contributed by atoms with Crippen molar-refractivity contribution in [3.8, 4) is 11.5 Å². The van der Waals surface area contributed by atoms with Crippen LogP contribution in [0, 0.1) is 0 Å². The van der Waals surface area contributed by atoms with Gasteiger partial charge < -0.3 is 14.4 Å². The average Bonchev–Trinajstić information content (AvgIpc) is 3.03. The molecule has 0 radical (unpaired) electrons. The first kappa shape index (κ1) is 23.9. The van der Waals surface area contributed by atoms with Gasteiger partial charge in [0.1, 0.15) is 17.2 Å². The second-order valence-electron chi connectivity index (χ2n) is 8.12. The standard InChI is InChI=1S/C26H29N3O4S/c1-32-21-12-10-19(11-13-21)16-23-25(31)29(20-8-7-9-22(17-20)33-2)26(27-23)34-18-24(30)28-14-5-3-4-6-15-28/h7-13,16-17H,3-6,14-15,18H2,1-2H3. The van der Waals surface area contributed by atoms with E-state index in [4.69, 9.17) is 9.47 Å². The molecule has 2 aromatic carbocycles. The number of amides is 2. The largest absolute Gasteiger partial charge is 0.497 e. The Balaban J connectivity index is 1.59. The molecule has 0 bridgehead atoms. The van der Waals surface area contributed by atoms with Crippen LogP contribution in [0.5, 0.6) is 11.5 Å². The number of amidine groups is 1. The Morgan fingerprint density at radius 2 is 1.71 bits per heavy atom. The Morgan fingerprint density at radius 1 is 1.00 bits per heavy atom. The van der Waals surface area contributed by atoms with Crippen LogP contribution < -0.4 is 14.4 Å². The first-order valence-corrected chi connectivity index (χ1v) is 12.4. The van der Waals surface area contributed by atoms with Gasteiger partial charge in [-0.2, -0.15) is 0 Å². The van der Waals surface area contributed by atoms with E-state index in [1.165, 1.54) is 24.6 Å². The summed E-state index contributed by atoms with van der Waals surface area (Å²) in [5.41, 5.74) is 1.80. The van der Waals surface area contributed by atoms with Crippen molar-refractivity contribution in [2.75, 3.05) is 38.0 Å². The van der Waals surface area contributed by atoms with Crippen LogP contribution in [0.1, 0.15) is 31.2 Å². The number of hydrogen-bond donors (Lipinski definition) is 0. The monoisotopic (exact) mass is 479 g/mol. The number of nitrogens with zero attached hydrogens (tertiary/aromatic N) is 3. The van der Waals surface area contributed by atoms with Crippen molar-refractivity contribution in [1.82, 2.24) is 4.90 Å². The van der Waals surface area contributed by atoms with Crippen LogP contribution in [0.3, 0.4) is 0 Å². The number of carbonyl (C=O) groups is 2. The molecule has 1 saturated heterocycles. The molecule has 34 heavy (non-hydrogen) atoms. The van der Waals surface area contributed by atoms with Crippen molar-refractivity contribution >= 4 is 40.5 Å². The molecular weight excluding hydrogens is 450 g/mol. The molecule has 2 heterocycles. The molecule has 2 amide bonds. The summed E-state index contributed by atoms with van der Waals surface area (Å²) in [6, 6.07) is 14.7. The van der Waals surface area contributed by atoms with Crippen LogP contribution in [0.2, 0.25) is 0 Å². The van der Waals surface area contributed by atoms with Crippen LogP contribution >= 0.6 is 11.8 Å². The van der Waals surface area contributed by atoms with Gasteiger partial charge in [0.05, 0.1) is 25.7 Å². The van der Waals surface area contributed by atoms with Crippen LogP contribution in [0.15, 0.2) is 59.2 Å². The molecule has 178 valence electrons. The van der Waals surface area contributed by atoms with E-state index >= 15 is 0 Å². The number of hydrogen-bond acceptors (Lipinski definition) is 6. The zero-order valence-electron chi connectivity index (χ0n) is 19.5. The zero-order valence-corrected chi connectivity index (χ0v) is 20.3. The molecule has 0 unspecified atom stereocenters. The first-order valence-electron chi connectivity index (χ1n) is 11.4. The van der Waals surface area contributed by atoms with Crippen molar-refractivity contribution in [3.63, 3.8) is 0 Å². The summed E-state index contributed by atoms with van der Waals surface area (Å²) in [6.45, 7) is 1.60. The van der Waals surface area contributed by atoms with Crippen LogP contribution in [0.25, 0.3) is 6.08 Å². The first-order chi connectivity index (χ1) is 16.6. The Morgan fingerprint density at radius 3 is 2.38 bits per heavy atom. The third-order valence-electron chi connectivity index (χ3n) is 5.84. The molecule has 0 atom stereocenters. The summed E-state index contributed by atoms with van der Waals surface area (Å²) in [5, 5.41) is 0.487. The number of methoxy groups -OCH3 is 2. The molecule has 0 spiro atoms. The van der Waals surface area contributed by atoms with Gasteiger partial charge in [-0.05, 0) is 48.7 Å². The van der Waals surface area contributed by atoms with Crippen molar-refractivity contribution in [1.29, 1.82) is 0 Å². The van der Waals surface area contributed by atoms with Gasteiger partial charge in [-0.15, -0.1) is 0 Å². The number of aliphatic imine (C=N–C) groups is 1. The molecule has 0 aliphatic carbocycles. The molecule has 2 aromatic rings. The summed E-state index contributed by atoms with van der Waals surface area (Å²) in [4.78, 5) is 34.4. The lowest BCUT2D eigenvalue weighted by Crippen LogP contribution is -2.35. The van der Waals surface area contributed by atoms with Crippen molar-refractivity contribution < 1.29 is 19.1 Å². The topological polar surface area (TPSA) is 71.4 Å². The van der Waals surface area contributed by atoms with Gasteiger partial charge in [-0.25, -0.2) is 4.99 Å². The molecule has 0 N–H and O–H groups in total. The highest BCUT2D eigenvalue weighted by atomic mass is 32.2. The van der Waals surface area contributed by atoms with Gasteiger partial charge in [0.15, 0.2) is 5.17 Å². The maximum absolute atomic E-state index is 13.4. The summed E-state index contributed by atoms with van der Waals surface area (Å²) in [5.74, 6) is 1.46. The van der Waals surface area contributed by atoms with Crippen molar-refractivity contribution in [2.45, 2.75) is 25.7 Å². The SMILES string of the molecule is COc1ccc(C=C2N=C(SCC(=O)N3CCCCCC3)N(c3cccc(OC)c3)C2=O)cc1. The fourth-order valence-corrected chi connectivity index (χ4v) is 4.88. The fourth-order valence-electron chi connectivity index (χ4n) is 3.97. The minimum absolute atomic E-state index is 0.0835. The highest BCUT2D eigenvalue weighted by Crippen LogP contribution is 2.31. The normalized spacial score (nSPS) is 17.5. The molecule has 7 nitrogen and oxygen atoms in total. The number of ether oxygens (including phenoxy) is 2. The van der Waals surface area contributed by atoms with E-state index < -0.39 is 0 Å². The number of thioether (sulfide) groups is 1. The van der Waals surface area contributed by atoms with E-state index in [0.717, 1.165) is 37.2 Å². The van der Waals surface area contributed by atoms with Crippen LogP contribution in [-0.2, 0) is 9.59 Å². The van der Waals surface area contributed by atoms with E-state index in [9.17, 15) is 9.59 Å².